The van der Waals surface area contributed by atoms with Crippen LogP contribution in [0, 0.1) is 0 Å². The summed E-state index contributed by atoms with van der Waals surface area (Å²) in [6, 6.07) is 5.74. The summed E-state index contributed by atoms with van der Waals surface area (Å²) < 4.78 is 11.8. The van der Waals surface area contributed by atoms with Crippen molar-refractivity contribution in [3.63, 3.8) is 0 Å². The van der Waals surface area contributed by atoms with E-state index in [2.05, 4.69) is 46.9 Å². The number of anilines is 3. The number of morpholine rings is 1. The summed E-state index contributed by atoms with van der Waals surface area (Å²) in [6.07, 6.45) is 0.935. The Hall–Kier alpha value is -1.57. The lowest BCUT2D eigenvalue weighted by atomic mass is 10.2. The lowest BCUT2D eigenvalue weighted by Crippen LogP contribution is -2.48. The molecule has 1 heterocycles. The molecule has 0 spiro atoms. The maximum Gasteiger partial charge on any atom is 0.253 e. The zero-order chi connectivity index (χ0) is 21.6. The number of carbonyl (C=O) groups is 1. The molecular weight excluding hydrogens is 382 g/mol. The number of hydrogen-bond acceptors (Lipinski definition) is 5. The number of rotatable bonds is 10. The molecule has 7 heteroatoms. The maximum absolute atomic E-state index is 12.0. The van der Waals surface area contributed by atoms with E-state index >= 15 is 0 Å². The molecule has 1 fully saturated rings. The van der Waals surface area contributed by atoms with E-state index in [4.69, 9.17) is 14.9 Å². The molecule has 0 aliphatic carbocycles. The van der Waals surface area contributed by atoms with E-state index in [1.807, 2.05) is 18.2 Å². The topological polar surface area (TPSA) is 76.8 Å². The highest BCUT2D eigenvalue weighted by molar-refractivity contribution is 6.77. The van der Waals surface area contributed by atoms with E-state index in [1.165, 1.54) is 0 Å². The van der Waals surface area contributed by atoms with Gasteiger partial charge in [0.2, 0.25) is 0 Å². The highest BCUT2D eigenvalue weighted by atomic mass is 28.4. The molecule has 0 unspecified atom stereocenters. The van der Waals surface area contributed by atoms with Gasteiger partial charge in [-0.25, -0.2) is 0 Å². The summed E-state index contributed by atoms with van der Waals surface area (Å²) >= 11 is 0. The van der Waals surface area contributed by atoms with Gasteiger partial charge in [-0.05, 0) is 41.2 Å². The van der Waals surface area contributed by atoms with Gasteiger partial charge in [0.05, 0.1) is 18.0 Å². The number of hydrogen-bond donors (Lipinski definition) is 2. The molecule has 1 aliphatic heterocycles. The number of nitrogens with one attached hydrogen (secondary N) is 1. The van der Waals surface area contributed by atoms with Crippen LogP contribution < -0.4 is 16.0 Å². The molecule has 0 bridgehead atoms. The van der Waals surface area contributed by atoms with E-state index in [1.54, 1.807) is 4.90 Å². The number of nitrogen functional groups attached to an aromatic ring is 1. The lowest BCUT2D eigenvalue weighted by Gasteiger charge is -2.42. The molecule has 1 aromatic rings. The first-order chi connectivity index (χ1) is 13.7. The fourth-order valence-corrected chi connectivity index (χ4v) is 10.2. The standard InChI is InChI=1S/C22H39N3O3Si/c1-16(2)29(17(3)4,18(5)6)28-12-7-10-24-21-9-8-19(14-20(21)23)25-11-13-27-15-22(25)26/h8-9,14,16-18,24H,7,10-13,15,23H2,1-6H3. The molecule has 0 saturated carbocycles. The van der Waals surface area contributed by atoms with E-state index in [0.29, 0.717) is 35.5 Å². The van der Waals surface area contributed by atoms with Gasteiger partial charge in [-0.3, -0.25) is 4.79 Å². The predicted molar refractivity (Wildman–Crippen MR) is 124 cm³/mol. The third-order valence-electron chi connectivity index (χ3n) is 6.03. The molecule has 0 radical (unpaired) electrons. The number of nitrogens with zero attached hydrogens (tertiary/aromatic N) is 1. The van der Waals surface area contributed by atoms with Crippen molar-refractivity contribution in [3.8, 4) is 0 Å². The average molecular weight is 422 g/mol. The highest BCUT2D eigenvalue weighted by Crippen LogP contribution is 2.42. The van der Waals surface area contributed by atoms with Crippen LogP contribution in [-0.4, -0.2) is 47.1 Å². The number of amides is 1. The molecule has 164 valence electrons. The van der Waals surface area contributed by atoms with Gasteiger partial charge in [0.1, 0.15) is 6.61 Å². The van der Waals surface area contributed by atoms with Gasteiger partial charge >= 0.3 is 0 Å². The van der Waals surface area contributed by atoms with Gasteiger partial charge in [0.15, 0.2) is 8.32 Å². The maximum atomic E-state index is 12.0. The van der Waals surface area contributed by atoms with Gasteiger partial charge in [-0.1, -0.05) is 41.5 Å². The summed E-state index contributed by atoms with van der Waals surface area (Å²) in [5.41, 5.74) is 10.4. The molecular formula is C22H39N3O3Si. The summed E-state index contributed by atoms with van der Waals surface area (Å²) in [7, 11) is -1.80. The first-order valence-electron chi connectivity index (χ1n) is 10.9. The Morgan fingerprint density at radius 2 is 1.83 bits per heavy atom. The number of ether oxygens (including phenoxy) is 1. The highest BCUT2D eigenvalue weighted by Gasteiger charge is 2.44. The second kappa shape index (κ2) is 10.5. The van der Waals surface area contributed by atoms with Crippen LogP contribution >= 0.6 is 0 Å². The third kappa shape index (κ3) is 5.52. The molecule has 1 aromatic carbocycles. The zero-order valence-electron chi connectivity index (χ0n) is 19.0. The Bertz CT molecular complexity index is 657. The van der Waals surface area contributed by atoms with Gasteiger partial charge in [0.25, 0.3) is 5.91 Å². The SMILES string of the molecule is CC(C)[Si](OCCCNc1ccc(N2CCOCC2=O)cc1N)(C(C)C)C(C)C. The monoisotopic (exact) mass is 421 g/mol. The Morgan fingerprint density at radius 3 is 2.38 bits per heavy atom. The van der Waals surface area contributed by atoms with Crippen molar-refractivity contribution in [1.29, 1.82) is 0 Å². The van der Waals surface area contributed by atoms with Gasteiger partial charge in [-0.2, -0.15) is 0 Å². The quantitative estimate of drug-likeness (QED) is 0.327. The fraction of sp³-hybridized carbons (Fsp3) is 0.682. The number of nitrogens with two attached hydrogens (primary N) is 1. The van der Waals surface area contributed by atoms with Crippen molar-refractivity contribution in [1.82, 2.24) is 0 Å². The fourth-order valence-electron chi connectivity index (χ4n) is 4.71. The normalized spacial score (nSPS) is 15.6. The second-order valence-corrected chi connectivity index (χ2v) is 14.3. The van der Waals surface area contributed by atoms with Crippen molar-refractivity contribution < 1.29 is 14.0 Å². The number of benzene rings is 1. The van der Waals surface area contributed by atoms with Crippen molar-refractivity contribution in [2.75, 3.05) is 48.9 Å². The molecule has 1 saturated heterocycles. The van der Waals surface area contributed by atoms with Crippen LogP contribution in [0.1, 0.15) is 48.0 Å². The first-order valence-corrected chi connectivity index (χ1v) is 13.0. The molecule has 3 N–H and O–H groups in total. The molecule has 1 amide bonds. The predicted octanol–water partition coefficient (Wildman–Crippen LogP) is 4.63. The molecule has 0 aromatic heterocycles. The molecule has 1 aliphatic rings. The molecule has 6 nitrogen and oxygen atoms in total. The number of carbonyl (C=O) groups excluding carboxylic acids is 1. The van der Waals surface area contributed by atoms with Gasteiger partial charge in [0, 0.05) is 25.4 Å². The summed E-state index contributed by atoms with van der Waals surface area (Å²) in [5.74, 6) is -0.0263. The van der Waals surface area contributed by atoms with Crippen molar-refractivity contribution >= 4 is 31.3 Å². The molecule has 29 heavy (non-hydrogen) atoms. The Morgan fingerprint density at radius 1 is 1.17 bits per heavy atom. The largest absolute Gasteiger partial charge is 0.416 e. The minimum absolute atomic E-state index is 0.0263. The van der Waals surface area contributed by atoms with Crippen LogP contribution in [-0.2, 0) is 14.0 Å². The van der Waals surface area contributed by atoms with Crippen LogP contribution in [0.3, 0.4) is 0 Å². The van der Waals surface area contributed by atoms with Crippen molar-refractivity contribution in [2.45, 2.75) is 64.6 Å². The van der Waals surface area contributed by atoms with Crippen LogP contribution in [0.15, 0.2) is 18.2 Å². The summed E-state index contributed by atoms with van der Waals surface area (Å²) in [5, 5.41) is 3.41. The second-order valence-electron chi connectivity index (χ2n) is 8.82. The summed E-state index contributed by atoms with van der Waals surface area (Å²) in [6.45, 7) is 16.7. The zero-order valence-corrected chi connectivity index (χ0v) is 20.0. The lowest BCUT2D eigenvalue weighted by molar-refractivity contribution is -0.125. The smallest absolute Gasteiger partial charge is 0.253 e. The third-order valence-corrected chi connectivity index (χ3v) is 12.1. The average Bonchev–Trinajstić information content (AvgIpc) is 2.65. The van der Waals surface area contributed by atoms with Crippen LogP contribution in [0.4, 0.5) is 17.1 Å². The van der Waals surface area contributed by atoms with E-state index in [0.717, 1.165) is 30.9 Å². The van der Waals surface area contributed by atoms with Crippen molar-refractivity contribution in [2.24, 2.45) is 0 Å². The van der Waals surface area contributed by atoms with Crippen LogP contribution in [0.2, 0.25) is 16.6 Å². The molecule has 2 rings (SSSR count). The van der Waals surface area contributed by atoms with Crippen LogP contribution in [0.25, 0.3) is 0 Å². The van der Waals surface area contributed by atoms with E-state index < -0.39 is 8.32 Å². The minimum Gasteiger partial charge on any atom is -0.416 e. The summed E-state index contributed by atoms with van der Waals surface area (Å²) in [4.78, 5) is 13.7. The van der Waals surface area contributed by atoms with Gasteiger partial charge in [-0.15, -0.1) is 0 Å². The van der Waals surface area contributed by atoms with E-state index in [9.17, 15) is 4.79 Å². The minimum atomic E-state index is -1.80. The van der Waals surface area contributed by atoms with Gasteiger partial charge < -0.3 is 25.1 Å². The molecule has 0 atom stereocenters. The Balaban J connectivity index is 1.88. The Kier molecular flexibility index (Phi) is 8.54. The van der Waals surface area contributed by atoms with Crippen LogP contribution in [0.5, 0.6) is 0 Å². The van der Waals surface area contributed by atoms with Crippen molar-refractivity contribution in [3.05, 3.63) is 18.2 Å². The first kappa shape index (κ1) is 23.7. The van der Waals surface area contributed by atoms with E-state index in [-0.39, 0.29) is 12.5 Å². The Labute approximate surface area is 177 Å².